The molecule has 1 atom stereocenters. The van der Waals surface area contributed by atoms with Gasteiger partial charge in [0.15, 0.2) is 0 Å². The van der Waals surface area contributed by atoms with Crippen molar-refractivity contribution in [2.45, 2.75) is 19.5 Å². The zero-order valence-corrected chi connectivity index (χ0v) is 10.8. The Balaban J connectivity index is 2.02. The number of aromatic nitrogens is 1. The first kappa shape index (κ1) is 13.0. The van der Waals surface area contributed by atoms with Gasteiger partial charge in [-0.05, 0) is 30.2 Å². The Bertz CT molecular complexity index is 516. The number of halogens is 2. The van der Waals surface area contributed by atoms with Gasteiger partial charge < -0.3 is 5.32 Å². The summed E-state index contributed by atoms with van der Waals surface area (Å²) in [4.78, 5) is 4.07. The highest BCUT2D eigenvalue weighted by atomic mass is 35.5. The van der Waals surface area contributed by atoms with E-state index in [9.17, 15) is 4.39 Å². The van der Waals surface area contributed by atoms with Gasteiger partial charge in [-0.3, -0.25) is 4.98 Å². The van der Waals surface area contributed by atoms with Crippen LogP contribution in [-0.4, -0.2) is 4.98 Å². The average Bonchev–Trinajstić information content (AvgIpc) is 2.41. The van der Waals surface area contributed by atoms with Crippen LogP contribution in [0.2, 0.25) is 5.02 Å². The minimum Gasteiger partial charge on any atom is -0.306 e. The molecular formula is C14H14ClFN2. The smallest absolute Gasteiger partial charge is 0.142 e. The van der Waals surface area contributed by atoms with Crippen LogP contribution >= 0.6 is 11.6 Å². The van der Waals surface area contributed by atoms with Crippen molar-refractivity contribution < 1.29 is 4.39 Å². The van der Waals surface area contributed by atoms with E-state index in [4.69, 9.17) is 11.6 Å². The van der Waals surface area contributed by atoms with E-state index in [0.717, 1.165) is 11.1 Å². The quantitative estimate of drug-likeness (QED) is 0.910. The van der Waals surface area contributed by atoms with E-state index in [-0.39, 0.29) is 16.9 Å². The van der Waals surface area contributed by atoms with Crippen molar-refractivity contribution in [1.29, 1.82) is 0 Å². The highest BCUT2D eigenvalue weighted by Crippen LogP contribution is 2.20. The summed E-state index contributed by atoms with van der Waals surface area (Å²) in [6.45, 7) is 2.55. The molecule has 0 saturated carbocycles. The van der Waals surface area contributed by atoms with Crippen molar-refractivity contribution in [3.8, 4) is 0 Å². The molecule has 0 amide bonds. The molecule has 0 aliphatic carbocycles. The molecule has 2 rings (SSSR count). The average molecular weight is 265 g/mol. The van der Waals surface area contributed by atoms with Crippen LogP contribution in [0.4, 0.5) is 4.39 Å². The predicted octanol–water partition coefficient (Wildman–Crippen LogP) is 3.72. The van der Waals surface area contributed by atoms with E-state index in [2.05, 4.69) is 10.3 Å². The molecule has 0 radical (unpaired) electrons. The lowest BCUT2D eigenvalue weighted by Crippen LogP contribution is -2.18. The number of nitrogens with one attached hydrogen (secondary N) is 1. The summed E-state index contributed by atoms with van der Waals surface area (Å²) in [5.74, 6) is -0.384. The molecule has 1 N–H and O–H groups in total. The molecule has 4 heteroatoms. The number of rotatable bonds is 4. The molecule has 0 saturated heterocycles. The fourth-order valence-electron chi connectivity index (χ4n) is 1.70. The van der Waals surface area contributed by atoms with Crippen molar-refractivity contribution in [2.75, 3.05) is 0 Å². The Labute approximate surface area is 111 Å². The van der Waals surface area contributed by atoms with Gasteiger partial charge in [0.25, 0.3) is 0 Å². The Kier molecular flexibility index (Phi) is 4.28. The fraction of sp³-hybridized carbons (Fsp3) is 0.214. The van der Waals surface area contributed by atoms with E-state index in [1.807, 2.05) is 31.3 Å². The van der Waals surface area contributed by atoms with Crippen molar-refractivity contribution in [1.82, 2.24) is 10.3 Å². The Morgan fingerprint density at radius 1 is 1.33 bits per heavy atom. The fourth-order valence-corrected chi connectivity index (χ4v) is 1.89. The van der Waals surface area contributed by atoms with E-state index in [0.29, 0.717) is 6.54 Å². The zero-order chi connectivity index (χ0) is 13.0. The molecule has 18 heavy (non-hydrogen) atoms. The number of benzene rings is 1. The first-order chi connectivity index (χ1) is 8.68. The molecule has 0 bridgehead atoms. The van der Waals surface area contributed by atoms with E-state index in [1.165, 1.54) is 6.07 Å². The van der Waals surface area contributed by atoms with Gasteiger partial charge in [-0.2, -0.15) is 0 Å². The van der Waals surface area contributed by atoms with E-state index in [1.54, 1.807) is 12.3 Å². The second kappa shape index (κ2) is 5.94. The van der Waals surface area contributed by atoms with Crippen LogP contribution in [0.3, 0.4) is 0 Å². The molecule has 0 unspecified atom stereocenters. The molecule has 1 aromatic heterocycles. The molecule has 0 aliphatic heterocycles. The lowest BCUT2D eigenvalue weighted by atomic mass is 10.1. The van der Waals surface area contributed by atoms with Crippen molar-refractivity contribution in [2.24, 2.45) is 0 Å². The minimum absolute atomic E-state index is 0.137. The number of hydrogen-bond acceptors (Lipinski definition) is 2. The van der Waals surface area contributed by atoms with Gasteiger partial charge in [0.2, 0.25) is 0 Å². The monoisotopic (exact) mass is 264 g/mol. The molecule has 2 nitrogen and oxygen atoms in total. The lowest BCUT2D eigenvalue weighted by molar-refractivity contribution is 0.568. The van der Waals surface area contributed by atoms with Crippen LogP contribution in [0.1, 0.15) is 24.1 Å². The third-order valence-corrected chi connectivity index (χ3v) is 3.24. The maximum atomic E-state index is 13.3. The van der Waals surface area contributed by atoms with Crippen molar-refractivity contribution in [3.05, 3.63) is 64.7 Å². The maximum Gasteiger partial charge on any atom is 0.142 e. The van der Waals surface area contributed by atoms with Crippen molar-refractivity contribution >= 4 is 11.6 Å². The third-order valence-electron chi connectivity index (χ3n) is 2.81. The van der Waals surface area contributed by atoms with Gasteiger partial charge in [-0.25, -0.2) is 4.39 Å². The topological polar surface area (TPSA) is 24.9 Å². The molecule has 94 valence electrons. The predicted molar refractivity (Wildman–Crippen MR) is 70.9 cm³/mol. The Hall–Kier alpha value is -1.45. The summed E-state index contributed by atoms with van der Waals surface area (Å²) in [6, 6.07) is 8.86. The first-order valence-electron chi connectivity index (χ1n) is 5.74. The summed E-state index contributed by atoms with van der Waals surface area (Å²) in [6.07, 6.45) is 3.55. The van der Waals surface area contributed by atoms with Crippen molar-refractivity contribution in [3.63, 3.8) is 0 Å². The van der Waals surface area contributed by atoms with Gasteiger partial charge in [0.05, 0.1) is 5.02 Å². The second-order valence-corrected chi connectivity index (χ2v) is 4.48. The van der Waals surface area contributed by atoms with Gasteiger partial charge in [0.1, 0.15) is 5.82 Å². The van der Waals surface area contributed by atoms with E-state index < -0.39 is 0 Å². The summed E-state index contributed by atoms with van der Waals surface area (Å²) in [5, 5.41) is 3.48. The Morgan fingerprint density at radius 2 is 2.17 bits per heavy atom. The van der Waals surface area contributed by atoms with Crippen LogP contribution in [0.25, 0.3) is 0 Å². The third kappa shape index (κ3) is 3.06. The number of pyridine rings is 1. The molecule has 2 aromatic rings. The zero-order valence-electron chi connectivity index (χ0n) is 10.0. The highest BCUT2D eigenvalue weighted by molar-refractivity contribution is 6.31. The van der Waals surface area contributed by atoms with Crippen LogP contribution in [0.5, 0.6) is 0 Å². The first-order valence-corrected chi connectivity index (χ1v) is 6.12. The largest absolute Gasteiger partial charge is 0.306 e. The minimum atomic E-state index is -0.384. The van der Waals surface area contributed by atoms with Gasteiger partial charge in [0, 0.05) is 25.0 Å². The molecular weight excluding hydrogens is 251 g/mol. The van der Waals surface area contributed by atoms with Gasteiger partial charge in [-0.15, -0.1) is 0 Å². The summed E-state index contributed by atoms with van der Waals surface area (Å²) in [5.41, 5.74) is 1.84. The maximum absolute atomic E-state index is 13.3. The number of hydrogen-bond donors (Lipinski definition) is 1. The van der Waals surface area contributed by atoms with Gasteiger partial charge >= 0.3 is 0 Å². The van der Waals surface area contributed by atoms with Crippen LogP contribution in [0.15, 0.2) is 42.7 Å². The summed E-state index contributed by atoms with van der Waals surface area (Å²) < 4.78 is 13.3. The summed E-state index contributed by atoms with van der Waals surface area (Å²) >= 11 is 5.90. The molecule has 1 aromatic carbocycles. The summed E-state index contributed by atoms with van der Waals surface area (Å²) in [7, 11) is 0. The molecule has 1 heterocycles. The van der Waals surface area contributed by atoms with E-state index >= 15 is 0 Å². The standard InChI is InChI=1S/C14H14ClFN2/c1-10(11-5-3-7-17-8-11)18-9-12-4-2-6-13(16)14(12)15/h2-8,10,18H,9H2,1H3/t10-/m0/s1. The van der Waals surface area contributed by atoms with Crippen LogP contribution in [-0.2, 0) is 6.54 Å². The van der Waals surface area contributed by atoms with Crippen LogP contribution < -0.4 is 5.32 Å². The molecule has 0 fully saturated rings. The molecule has 0 spiro atoms. The van der Waals surface area contributed by atoms with Crippen LogP contribution in [0, 0.1) is 5.82 Å². The highest BCUT2D eigenvalue weighted by Gasteiger charge is 2.08. The second-order valence-electron chi connectivity index (χ2n) is 4.10. The lowest BCUT2D eigenvalue weighted by Gasteiger charge is -2.14. The SMILES string of the molecule is C[C@H](NCc1cccc(F)c1Cl)c1cccnc1. The molecule has 0 aliphatic rings. The number of nitrogens with zero attached hydrogens (tertiary/aromatic N) is 1. The normalized spacial score (nSPS) is 12.4. The Morgan fingerprint density at radius 3 is 2.89 bits per heavy atom. The van der Waals surface area contributed by atoms with Gasteiger partial charge in [-0.1, -0.05) is 29.8 Å².